The molecule has 0 amide bonds. The van der Waals surface area contributed by atoms with E-state index in [-0.39, 0.29) is 12.0 Å². The molecule has 0 heterocycles. The predicted molar refractivity (Wildman–Crippen MR) is 48.8 cm³/mol. The van der Waals surface area contributed by atoms with Gasteiger partial charge in [-0.05, 0) is 26.2 Å². The van der Waals surface area contributed by atoms with Crippen molar-refractivity contribution in [2.45, 2.75) is 45.6 Å². The quantitative estimate of drug-likeness (QED) is 0.488. The van der Waals surface area contributed by atoms with E-state index < -0.39 is 0 Å². The van der Waals surface area contributed by atoms with E-state index in [0.717, 1.165) is 19.3 Å². The fourth-order valence-corrected chi connectivity index (χ4v) is 0.856. The lowest BCUT2D eigenvalue weighted by molar-refractivity contribution is -0.143. The summed E-state index contributed by atoms with van der Waals surface area (Å²) in [6.07, 6.45) is 3.43. The number of hydrogen-bond acceptors (Lipinski definition) is 3. The fourth-order valence-electron chi connectivity index (χ4n) is 0.856. The summed E-state index contributed by atoms with van der Waals surface area (Å²) >= 11 is 0. The van der Waals surface area contributed by atoms with Crippen LogP contribution in [0.1, 0.15) is 39.5 Å². The zero-order valence-corrected chi connectivity index (χ0v) is 8.01. The molecule has 72 valence electrons. The topological polar surface area (TPSA) is 52.3 Å². The minimum Gasteiger partial charge on any atom is -0.466 e. The SMILES string of the molecule is CCC(=O)OCCCCC(C)N. The normalized spacial score (nSPS) is 12.6. The first-order valence-corrected chi connectivity index (χ1v) is 4.58. The zero-order valence-electron chi connectivity index (χ0n) is 8.01. The van der Waals surface area contributed by atoms with Crippen molar-refractivity contribution in [3.8, 4) is 0 Å². The van der Waals surface area contributed by atoms with Crippen LogP contribution in [0, 0.1) is 0 Å². The molecule has 0 rings (SSSR count). The van der Waals surface area contributed by atoms with Crippen molar-refractivity contribution in [1.82, 2.24) is 0 Å². The number of nitrogens with two attached hydrogens (primary N) is 1. The third kappa shape index (κ3) is 7.54. The summed E-state index contributed by atoms with van der Waals surface area (Å²) in [7, 11) is 0. The number of ether oxygens (including phenoxy) is 1. The Balaban J connectivity index is 3.05. The van der Waals surface area contributed by atoms with E-state index in [1.165, 1.54) is 0 Å². The maximum absolute atomic E-state index is 10.7. The van der Waals surface area contributed by atoms with E-state index in [9.17, 15) is 4.79 Å². The van der Waals surface area contributed by atoms with Gasteiger partial charge in [-0.25, -0.2) is 0 Å². The van der Waals surface area contributed by atoms with Gasteiger partial charge in [0.1, 0.15) is 0 Å². The number of rotatable bonds is 6. The van der Waals surface area contributed by atoms with Gasteiger partial charge in [-0.1, -0.05) is 6.92 Å². The molecule has 0 aliphatic rings. The van der Waals surface area contributed by atoms with Crippen molar-refractivity contribution in [3.63, 3.8) is 0 Å². The molecule has 0 aromatic carbocycles. The highest BCUT2D eigenvalue weighted by atomic mass is 16.5. The number of carbonyl (C=O) groups is 1. The second kappa shape index (κ2) is 7.10. The van der Waals surface area contributed by atoms with Gasteiger partial charge in [0.05, 0.1) is 6.61 Å². The smallest absolute Gasteiger partial charge is 0.305 e. The van der Waals surface area contributed by atoms with Crippen LogP contribution in [-0.4, -0.2) is 18.6 Å². The van der Waals surface area contributed by atoms with Crippen molar-refractivity contribution >= 4 is 5.97 Å². The molecule has 0 aliphatic carbocycles. The molecule has 0 spiro atoms. The lowest BCUT2D eigenvalue weighted by atomic mass is 10.1. The molecule has 0 saturated heterocycles. The molecule has 12 heavy (non-hydrogen) atoms. The Hall–Kier alpha value is -0.570. The first kappa shape index (κ1) is 11.4. The summed E-state index contributed by atoms with van der Waals surface area (Å²) in [4.78, 5) is 10.7. The number of carbonyl (C=O) groups excluding carboxylic acids is 1. The Bertz CT molecular complexity index is 124. The lowest BCUT2D eigenvalue weighted by Gasteiger charge is -2.04. The van der Waals surface area contributed by atoms with E-state index in [1.807, 2.05) is 6.92 Å². The average molecular weight is 173 g/mol. The molecule has 3 heteroatoms. The van der Waals surface area contributed by atoms with Crippen LogP contribution in [0.5, 0.6) is 0 Å². The zero-order chi connectivity index (χ0) is 9.40. The first-order valence-electron chi connectivity index (χ1n) is 4.58. The maximum atomic E-state index is 10.7. The molecule has 1 unspecified atom stereocenters. The lowest BCUT2D eigenvalue weighted by Crippen LogP contribution is -2.14. The largest absolute Gasteiger partial charge is 0.466 e. The molecule has 3 nitrogen and oxygen atoms in total. The number of esters is 1. The van der Waals surface area contributed by atoms with E-state index in [4.69, 9.17) is 10.5 Å². The fraction of sp³-hybridized carbons (Fsp3) is 0.889. The molecule has 0 radical (unpaired) electrons. The van der Waals surface area contributed by atoms with Gasteiger partial charge >= 0.3 is 5.97 Å². The van der Waals surface area contributed by atoms with Crippen molar-refractivity contribution in [2.75, 3.05) is 6.61 Å². The van der Waals surface area contributed by atoms with Crippen LogP contribution in [0.15, 0.2) is 0 Å². The minimum absolute atomic E-state index is 0.115. The van der Waals surface area contributed by atoms with Crippen molar-refractivity contribution in [1.29, 1.82) is 0 Å². The monoisotopic (exact) mass is 173 g/mol. The molecule has 0 aliphatic heterocycles. The third-order valence-corrected chi connectivity index (χ3v) is 1.61. The van der Waals surface area contributed by atoms with Gasteiger partial charge in [-0.3, -0.25) is 4.79 Å². The molecular formula is C9H19NO2. The summed E-state index contributed by atoms with van der Waals surface area (Å²) in [5.74, 6) is -0.115. The minimum atomic E-state index is -0.115. The van der Waals surface area contributed by atoms with Gasteiger partial charge in [0.2, 0.25) is 0 Å². The van der Waals surface area contributed by atoms with Gasteiger partial charge in [0.15, 0.2) is 0 Å². The molecule has 0 aromatic heterocycles. The van der Waals surface area contributed by atoms with Crippen LogP contribution < -0.4 is 5.73 Å². The highest BCUT2D eigenvalue weighted by Crippen LogP contribution is 1.99. The van der Waals surface area contributed by atoms with Crippen LogP contribution in [-0.2, 0) is 9.53 Å². The highest BCUT2D eigenvalue weighted by molar-refractivity contribution is 5.68. The number of unbranched alkanes of at least 4 members (excludes halogenated alkanes) is 1. The Morgan fingerprint density at radius 2 is 2.17 bits per heavy atom. The Morgan fingerprint density at radius 3 is 2.67 bits per heavy atom. The molecule has 2 N–H and O–H groups in total. The van der Waals surface area contributed by atoms with Crippen LogP contribution in [0.3, 0.4) is 0 Å². The second-order valence-electron chi connectivity index (χ2n) is 3.05. The average Bonchev–Trinajstić information content (AvgIpc) is 2.03. The molecule has 0 bridgehead atoms. The van der Waals surface area contributed by atoms with Crippen LogP contribution >= 0.6 is 0 Å². The Morgan fingerprint density at radius 1 is 1.50 bits per heavy atom. The summed E-state index contributed by atoms with van der Waals surface area (Å²) in [6, 6.07) is 0.256. The standard InChI is InChI=1S/C9H19NO2/c1-3-9(11)12-7-5-4-6-8(2)10/h8H,3-7,10H2,1-2H3. The molecule has 1 atom stereocenters. The molecule has 0 saturated carbocycles. The molecule has 0 fully saturated rings. The summed E-state index contributed by atoms with van der Waals surface area (Å²) in [6.45, 7) is 4.32. The van der Waals surface area contributed by atoms with Crippen LogP contribution in [0.25, 0.3) is 0 Å². The van der Waals surface area contributed by atoms with Crippen molar-refractivity contribution in [3.05, 3.63) is 0 Å². The molecular weight excluding hydrogens is 154 g/mol. The second-order valence-corrected chi connectivity index (χ2v) is 3.05. The maximum Gasteiger partial charge on any atom is 0.305 e. The van der Waals surface area contributed by atoms with Crippen LogP contribution in [0.4, 0.5) is 0 Å². The van der Waals surface area contributed by atoms with Gasteiger partial charge in [-0.2, -0.15) is 0 Å². The van der Waals surface area contributed by atoms with Gasteiger partial charge in [0.25, 0.3) is 0 Å². The molecule has 0 aromatic rings. The summed E-state index contributed by atoms with van der Waals surface area (Å²) in [5.41, 5.74) is 5.55. The predicted octanol–water partition coefficient (Wildman–Crippen LogP) is 1.46. The van der Waals surface area contributed by atoms with E-state index >= 15 is 0 Å². The Labute approximate surface area is 74.3 Å². The van der Waals surface area contributed by atoms with Gasteiger partial charge in [0, 0.05) is 12.5 Å². The van der Waals surface area contributed by atoms with Crippen molar-refractivity contribution in [2.24, 2.45) is 5.73 Å². The summed E-state index contributed by atoms with van der Waals surface area (Å²) < 4.78 is 4.89. The van der Waals surface area contributed by atoms with E-state index in [1.54, 1.807) is 6.92 Å². The van der Waals surface area contributed by atoms with Gasteiger partial charge in [-0.15, -0.1) is 0 Å². The van der Waals surface area contributed by atoms with E-state index in [0.29, 0.717) is 13.0 Å². The van der Waals surface area contributed by atoms with Crippen molar-refractivity contribution < 1.29 is 9.53 Å². The van der Waals surface area contributed by atoms with Crippen LogP contribution in [0.2, 0.25) is 0 Å². The van der Waals surface area contributed by atoms with E-state index in [2.05, 4.69) is 0 Å². The number of hydrogen-bond donors (Lipinski definition) is 1. The third-order valence-electron chi connectivity index (χ3n) is 1.61. The summed E-state index contributed by atoms with van der Waals surface area (Å²) in [5, 5.41) is 0. The highest BCUT2D eigenvalue weighted by Gasteiger charge is 1.98. The van der Waals surface area contributed by atoms with Gasteiger partial charge < -0.3 is 10.5 Å². The Kier molecular flexibility index (Phi) is 6.76. The first-order chi connectivity index (χ1) is 5.66.